The van der Waals surface area contributed by atoms with Crippen LogP contribution in [0, 0.1) is 18.6 Å². The Labute approximate surface area is 164 Å². The predicted octanol–water partition coefficient (Wildman–Crippen LogP) is 3.84. The van der Waals surface area contributed by atoms with Gasteiger partial charge in [0.1, 0.15) is 0 Å². The second kappa shape index (κ2) is 8.82. The van der Waals surface area contributed by atoms with Gasteiger partial charge in [0.15, 0.2) is 11.6 Å². The molecule has 1 aromatic heterocycles. The van der Waals surface area contributed by atoms with Gasteiger partial charge in [-0.05, 0) is 50.8 Å². The van der Waals surface area contributed by atoms with Gasteiger partial charge in [0.05, 0.1) is 11.8 Å². The highest BCUT2D eigenvalue weighted by Gasteiger charge is 2.23. The number of carbonyl (C=O) groups is 1. The van der Waals surface area contributed by atoms with Crippen molar-refractivity contribution in [3.63, 3.8) is 0 Å². The minimum Gasteiger partial charge on any atom is -0.349 e. The second-order valence-corrected chi connectivity index (χ2v) is 7.62. The van der Waals surface area contributed by atoms with Gasteiger partial charge in [-0.15, -0.1) is 0 Å². The molecule has 0 radical (unpaired) electrons. The van der Waals surface area contributed by atoms with Crippen LogP contribution >= 0.6 is 0 Å². The molecular formula is C21H28F2N4O. The summed E-state index contributed by atoms with van der Waals surface area (Å²) in [6.07, 6.45) is 4.26. The molecule has 1 aliphatic heterocycles. The average molecular weight is 390 g/mol. The van der Waals surface area contributed by atoms with Crippen LogP contribution < -0.4 is 5.32 Å². The van der Waals surface area contributed by atoms with Crippen LogP contribution in [0.15, 0.2) is 24.4 Å². The third-order valence-electron chi connectivity index (χ3n) is 5.61. The summed E-state index contributed by atoms with van der Waals surface area (Å²) in [7, 11) is 0. The molecule has 0 unspecified atom stereocenters. The summed E-state index contributed by atoms with van der Waals surface area (Å²) < 4.78 is 28.3. The summed E-state index contributed by atoms with van der Waals surface area (Å²) in [6.45, 7) is 8.30. The van der Waals surface area contributed by atoms with Crippen LogP contribution in [-0.4, -0.2) is 39.7 Å². The van der Waals surface area contributed by atoms with E-state index in [9.17, 15) is 13.6 Å². The van der Waals surface area contributed by atoms with Crippen molar-refractivity contribution < 1.29 is 13.6 Å². The Bertz CT molecular complexity index is 828. The molecular weight excluding hydrogens is 362 g/mol. The number of benzene rings is 1. The van der Waals surface area contributed by atoms with Crippen molar-refractivity contribution in [2.24, 2.45) is 0 Å². The lowest BCUT2D eigenvalue weighted by atomic mass is 10.0. The van der Waals surface area contributed by atoms with E-state index >= 15 is 0 Å². The molecule has 0 aliphatic carbocycles. The zero-order chi connectivity index (χ0) is 20.3. The number of halogens is 2. The fraction of sp³-hybridized carbons (Fsp3) is 0.524. The van der Waals surface area contributed by atoms with Crippen LogP contribution in [0.1, 0.15) is 60.8 Å². The quantitative estimate of drug-likeness (QED) is 0.815. The number of likely N-dealkylation sites (tertiary alicyclic amines) is 1. The van der Waals surface area contributed by atoms with E-state index < -0.39 is 11.6 Å². The van der Waals surface area contributed by atoms with Gasteiger partial charge in [0.25, 0.3) is 5.91 Å². The molecule has 1 saturated heterocycles. The summed E-state index contributed by atoms with van der Waals surface area (Å²) in [5, 5.41) is 7.48. The van der Waals surface area contributed by atoms with Gasteiger partial charge < -0.3 is 5.32 Å². The lowest BCUT2D eigenvalue weighted by molar-refractivity contribution is 0.0908. The highest BCUT2D eigenvalue weighted by molar-refractivity contribution is 5.95. The Hall–Kier alpha value is -2.28. The number of nitrogens with zero attached hydrogens (tertiary/aromatic N) is 3. The van der Waals surface area contributed by atoms with Gasteiger partial charge in [-0.2, -0.15) is 5.10 Å². The highest BCUT2D eigenvalue weighted by atomic mass is 19.2. The number of hydrogen-bond donors (Lipinski definition) is 1. The minimum absolute atomic E-state index is 0.0777. The summed E-state index contributed by atoms with van der Waals surface area (Å²) in [5.41, 5.74) is 2.28. The van der Waals surface area contributed by atoms with Crippen LogP contribution in [0.2, 0.25) is 0 Å². The Morgan fingerprint density at radius 2 is 2.00 bits per heavy atom. The molecule has 0 bridgehead atoms. The van der Waals surface area contributed by atoms with Gasteiger partial charge in [0, 0.05) is 37.4 Å². The summed E-state index contributed by atoms with van der Waals surface area (Å²) in [5.74, 6) is -1.71. The van der Waals surface area contributed by atoms with E-state index in [-0.39, 0.29) is 18.0 Å². The van der Waals surface area contributed by atoms with Crippen molar-refractivity contribution in [3.8, 4) is 0 Å². The van der Waals surface area contributed by atoms with Crippen LogP contribution in [-0.2, 0) is 6.54 Å². The zero-order valence-electron chi connectivity index (χ0n) is 16.7. The first-order valence-electron chi connectivity index (χ1n) is 9.90. The fourth-order valence-corrected chi connectivity index (χ4v) is 3.66. The van der Waals surface area contributed by atoms with Gasteiger partial charge in [-0.25, -0.2) is 8.78 Å². The Morgan fingerprint density at radius 1 is 1.29 bits per heavy atom. The molecule has 0 spiro atoms. The molecule has 1 amide bonds. The molecule has 5 nitrogen and oxygen atoms in total. The van der Waals surface area contributed by atoms with Crippen LogP contribution in [0.5, 0.6) is 0 Å². The van der Waals surface area contributed by atoms with Gasteiger partial charge in [0.2, 0.25) is 0 Å². The molecule has 7 heteroatoms. The van der Waals surface area contributed by atoms with Crippen molar-refractivity contribution >= 4 is 5.91 Å². The number of rotatable bonds is 6. The number of hydrogen-bond acceptors (Lipinski definition) is 3. The zero-order valence-corrected chi connectivity index (χ0v) is 16.7. The summed E-state index contributed by atoms with van der Waals surface area (Å²) >= 11 is 0. The smallest absolute Gasteiger partial charge is 0.254 e. The number of piperidine rings is 1. The molecule has 1 aliphatic rings. The van der Waals surface area contributed by atoms with E-state index in [1.807, 2.05) is 11.6 Å². The predicted molar refractivity (Wildman–Crippen MR) is 104 cm³/mol. The number of amides is 1. The molecule has 2 aromatic rings. The van der Waals surface area contributed by atoms with E-state index in [1.165, 1.54) is 12.1 Å². The number of carbonyl (C=O) groups excluding carboxylic acids is 1. The Morgan fingerprint density at radius 3 is 2.64 bits per heavy atom. The van der Waals surface area contributed by atoms with Crippen LogP contribution in [0.25, 0.3) is 0 Å². The van der Waals surface area contributed by atoms with E-state index in [0.717, 1.165) is 43.6 Å². The number of aromatic nitrogens is 2. The molecule has 0 saturated carbocycles. The SMILES string of the molecule is CC[C@H](C)n1ncc(C(=O)NC2CCN(Cc3ccc(F)c(F)c3)CC2)c1C. The van der Waals surface area contributed by atoms with E-state index in [2.05, 4.69) is 29.2 Å². The van der Waals surface area contributed by atoms with E-state index in [1.54, 1.807) is 12.3 Å². The lowest BCUT2D eigenvalue weighted by Crippen LogP contribution is -2.44. The standard InChI is InChI=1S/C21H28F2N4O/c1-4-14(2)27-15(3)18(12-24-27)21(28)25-17-7-9-26(10-8-17)13-16-5-6-19(22)20(23)11-16/h5-6,11-12,14,17H,4,7-10,13H2,1-3H3,(H,25,28)/t14-/m0/s1. The van der Waals surface area contributed by atoms with Gasteiger partial charge >= 0.3 is 0 Å². The average Bonchev–Trinajstić information content (AvgIpc) is 3.07. The summed E-state index contributed by atoms with van der Waals surface area (Å²) in [6, 6.07) is 4.41. The second-order valence-electron chi connectivity index (χ2n) is 7.62. The largest absolute Gasteiger partial charge is 0.349 e. The molecule has 1 fully saturated rings. The molecule has 2 heterocycles. The maximum atomic E-state index is 13.4. The third-order valence-corrected chi connectivity index (χ3v) is 5.61. The molecule has 152 valence electrons. The maximum Gasteiger partial charge on any atom is 0.254 e. The van der Waals surface area contributed by atoms with Gasteiger partial charge in [-0.3, -0.25) is 14.4 Å². The maximum absolute atomic E-state index is 13.4. The first kappa shape index (κ1) is 20.5. The van der Waals surface area contributed by atoms with Crippen molar-refractivity contribution in [2.75, 3.05) is 13.1 Å². The first-order valence-corrected chi connectivity index (χ1v) is 9.90. The van der Waals surface area contributed by atoms with E-state index in [4.69, 9.17) is 0 Å². The third kappa shape index (κ3) is 4.58. The van der Waals surface area contributed by atoms with Crippen molar-refractivity contribution in [1.82, 2.24) is 20.0 Å². The van der Waals surface area contributed by atoms with Crippen molar-refractivity contribution in [1.29, 1.82) is 0 Å². The summed E-state index contributed by atoms with van der Waals surface area (Å²) in [4.78, 5) is 14.8. The number of nitrogens with one attached hydrogen (secondary N) is 1. The Balaban J connectivity index is 1.52. The topological polar surface area (TPSA) is 50.2 Å². The molecule has 1 aromatic carbocycles. The molecule has 28 heavy (non-hydrogen) atoms. The highest BCUT2D eigenvalue weighted by Crippen LogP contribution is 2.18. The fourth-order valence-electron chi connectivity index (χ4n) is 3.66. The van der Waals surface area contributed by atoms with Crippen LogP contribution in [0.4, 0.5) is 8.78 Å². The lowest BCUT2D eigenvalue weighted by Gasteiger charge is -2.32. The molecule has 3 rings (SSSR count). The first-order chi connectivity index (χ1) is 13.4. The van der Waals surface area contributed by atoms with Gasteiger partial charge in [-0.1, -0.05) is 13.0 Å². The van der Waals surface area contributed by atoms with Crippen LogP contribution in [0.3, 0.4) is 0 Å². The minimum atomic E-state index is -0.822. The molecule has 1 N–H and O–H groups in total. The molecule has 1 atom stereocenters. The Kier molecular flexibility index (Phi) is 6.44. The normalized spacial score (nSPS) is 16.9. The monoisotopic (exact) mass is 390 g/mol. The van der Waals surface area contributed by atoms with E-state index in [0.29, 0.717) is 12.1 Å². The van der Waals surface area contributed by atoms with Crippen molar-refractivity contribution in [3.05, 3.63) is 52.9 Å². The van der Waals surface area contributed by atoms with Crippen molar-refractivity contribution in [2.45, 2.75) is 58.7 Å².